The smallest absolute Gasteiger partial charge is 0.230 e. The number of carbonyl (C=O) groups excluding carboxylic acids is 1. The van der Waals surface area contributed by atoms with Crippen LogP contribution in [0.5, 0.6) is 11.6 Å². The molecule has 4 rings (SSSR count). The van der Waals surface area contributed by atoms with Gasteiger partial charge in [0.25, 0.3) is 0 Å². The number of hydrogen-bond acceptors (Lipinski definition) is 4. The number of anilines is 1. The largest absolute Gasteiger partial charge is 0.439 e. The van der Waals surface area contributed by atoms with Gasteiger partial charge in [0.15, 0.2) is 0 Å². The number of ether oxygens (including phenoxy) is 2. The highest BCUT2D eigenvalue weighted by atomic mass is 19.1. The van der Waals surface area contributed by atoms with Gasteiger partial charge in [0.1, 0.15) is 11.6 Å². The minimum atomic E-state index is -0.371. The van der Waals surface area contributed by atoms with Crippen LogP contribution in [0.25, 0.3) is 0 Å². The lowest BCUT2D eigenvalue weighted by Gasteiger charge is -2.17. The van der Waals surface area contributed by atoms with Crippen molar-refractivity contribution in [3.05, 3.63) is 48.4 Å². The van der Waals surface area contributed by atoms with Crippen LogP contribution in [0.1, 0.15) is 19.3 Å². The molecule has 2 saturated heterocycles. The summed E-state index contributed by atoms with van der Waals surface area (Å²) in [5.41, 5.74) is 0.606. The maximum Gasteiger partial charge on any atom is 0.230 e. The number of amides is 1. The highest BCUT2D eigenvalue weighted by molar-refractivity contribution is 5.93. The Balaban J connectivity index is 1.38. The van der Waals surface area contributed by atoms with Gasteiger partial charge < -0.3 is 14.8 Å². The average molecular weight is 328 g/mol. The van der Waals surface area contributed by atoms with Gasteiger partial charge in [0.05, 0.1) is 30.0 Å². The van der Waals surface area contributed by atoms with E-state index in [9.17, 15) is 9.18 Å². The first-order valence-electron chi connectivity index (χ1n) is 8.03. The summed E-state index contributed by atoms with van der Waals surface area (Å²) in [5, 5.41) is 2.87. The van der Waals surface area contributed by atoms with Crippen LogP contribution in [0, 0.1) is 11.7 Å². The fourth-order valence-electron chi connectivity index (χ4n) is 3.31. The number of nitrogens with one attached hydrogen (secondary N) is 1. The Morgan fingerprint density at radius 2 is 2.21 bits per heavy atom. The van der Waals surface area contributed by atoms with Crippen molar-refractivity contribution in [1.29, 1.82) is 0 Å². The highest BCUT2D eigenvalue weighted by Crippen LogP contribution is 2.39. The predicted molar refractivity (Wildman–Crippen MR) is 85.3 cm³/mol. The van der Waals surface area contributed by atoms with Crippen LogP contribution in [-0.2, 0) is 9.53 Å². The van der Waals surface area contributed by atoms with Crippen LogP contribution < -0.4 is 10.1 Å². The zero-order valence-electron chi connectivity index (χ0n) is 12.9. The molecule has 5 nitrogen and oxygen atoms in total. The van der Waals surface area contributed by atoms with Crippen molar-refractivity contribution in [2.75, 3.05) is 5.32 Å². The standard InChI is InChI=1S/C18H17FN2O3/c19-11-2-1-3-13(8-11)24-17-7-4-12(10-20-17)21-18(22)15-9-14-5-6-16(15)23-14/h1-4,7-8,10,14-16H,5-6,9H2,(H,21,22). The van der Waals surface area contributed by atoms with E-state index in [0.29, 0.717) is 17.3 Å². The van der Waals surface area contributed by atoms with E-state index >= 15 is 0 Å². The molecule has 2 aliphatic heterocycles. The fraction of sp³-hybridized carbons (Fsp3) is 0.333. The Morgan fingerprint density at radius 3 is 2.88 bits per heavy atom. The Morgan fingerprint density at radius 1 is 1.29 bits per heavy atom. The third-order valence-electron chi connectivity index (χ3n) is 4.47. The molecule has 0 saturated carbocycles. The Bertz CT molecular complexity index is 750. The lowest BCUT2D eigenvalue weighted by molar-refractivity contribution is -0.121. The quantitative estimate of drug-likeness (QED) is 0.933. The summed E-state index contributed by atoms with van der Waals surface area (Å²) < 4.78 is 24.3. The van der Waals surface area contributed by atoms with Crippen molar-refractivity contribution in [1.82, 2.24) is 4.98 Å². The summed E-state index contributed by atoms with van der Waals surface area (Å²) in [5.74, 6) is 0.236. The molecule has 124 valence electrons. The Labute approximate surface area is 138 Å². The lowest BCUT2D eigenvalue weighted by atomic mass is 9.88. The van der Waals surface area contributed by atoms with E-state index < -0.39 is 0 Å². The van der Waals surface area contributed by atoms with Gasteiger partial charge in [-0.3, -0.25) is 4.79 Å². The lowest BCUT2D eigenvalue weighted by Crippen LogP contribution is -2.30. The topological polar surface area (TPSA) is 60.5 Å². The zero-order valence-corrected chi connectivity index (χ0v) is 12.9. The van der Waals surface area contributed by atoms with Gasteiger partial charge in [0, 0.05) is 12.1 Å². The number of carbonyl (C=O) groups is 1. The number of hydrogen-bond donors (Lipinski definition) is 1. The van der Waals surface area contributed by atoms with E-state index in [2.05, 4.69) is 10.3 Å². The number of benzene rings is 1. The third kappa shape index (κ3) is 3.10. The van der Waals surface area contributed by atoms with Crippen molar-refractivity contribution in [3.8, 4) is 11.6 Å². The number of halogens is 1. The summed E-state index contributed by atoms with van der Waals surface area (Å²) in [6, 6.07) is 9.20. The van der Waals surface area contributed by atoms with E-state index in [0.717, 1.165) is 19.3 Å². The van der Waals surface area contributed by atoms with Crippen molar-refractivity contribution < 1.29 is 18.7 Å². The second kappa shape index (κ2) is 6.20. The highest BCUT2D eigenvalue weighted by Gasteiger charge is 2.44. The van der Waals surface area contributed by atoms with Crippen LogP contribution >= 0.6 is 0 Å². The third-order valence-corrected chi connectivity index (χ3v) is 4.47. The molecular formula is C18H17FN2O3. The normalized spacial score (nSPS) is 24.8. The second-order valence-corrected chi connectivity index (χ2v) is 6.15. The molecule has 2 bridgehead atoms. The molecule has 1 amide bonds. The number of pyridine rings is 1. The Kier molecular flexibility index (Phi) is 3.90. The van der Waals surface area contributed by atoms with Crippen LogP contribution in [0.15, 0.2) is 42.6 Å². The van der Waals surface area contributed by atoms with Gasteiger partial charge in [-0.15, -0.1) is 0 Å². The molecule has 3 heterocycles. The van der Waals surface area contributed by atoms with E-state index in [-0.39, 0.29) is 29.9 Å². The first-order valence-corrected chi connectivity index (χ1v) is 8.03. The van der Waals surface area contributed by atoms with E-state index in [1.165, 1.54) is 18.3 Å². The molecule has 0 spiro atoms. The molecule has 24 heavy (non-hydrogen) atoms. The maximum atomic E-state index is 13.1. The van der Waals surface area contributed by atoms with E-state index in [1.807, 2.05) is 0 Å². The SMILES string of the molecule is O=C(Nc1ccc(Oc2cccc(F)c2)nc1)C1CC2CCC1O2. The minimum Gasteiger partial charge on any atom is -0.439 e. The van der Waals surface area contributed by atoms with Crippen molar-refractivity contribution in [2.24, 2.45) is 5.92 Å². The van der Waals surface area contributed by atoms with Crippen LogP contribution in [-0.4, -0.2) is 23.1 Å². The van der Waals surface area contributed by atoms with Gasteiger partial charge in [0.2, 0.25) is 11.8 Å². The molecule has 3 unspecified atom stereocenters. The minimum absolute atomic E-state index is 0.0252. The summed E-state index contributed by atoms with van der Waals surface area (Å²) in [7, 11) is 0. The zero-order chi connectivity index (χ0) is 16.5. The Hall–Kier alpha value is -2.47. The summed E-state index contributed by atoms with van der Waals surface area (Å²) in [4.78, 5) is 16.5. The van der Waals surface area contributed by atoms with Crippen LogP contribution in [0.3, 0.4) is 0 Å². The van der Waals surface area contributed by atoms with Crippen molar-refractivity contribution in [2.45, 2.75) is 31.5 Å². The predicted octanol–water partition coefficient (Wildman–Crippen LogP) is 3.52. The van der Waals surface area contributed by atoms with Gasteiger partial charge in [-0.05, 0) is 37.5 Å². The summed E-state index contributed by atoms with van der Waals surface area (Å²) >= 11 is 0. The van der Waals surface area contributed by atoms with E-state index in [4.69, 9.17) is 9.47 Å². The second-order valence-electron chi connectivity index (χ2n) is 6.15. The molecule has 3 atom stereocenters. The molecule has 1 N–H and O–H groups in total. The first-order chi connectivity index (χ1) is 11.7. The molecule has 2 aliphatic rings. The van der Waals surface area contributed by atoms with Crippen LogP contribution in [0.2, 0.25) is 0 Å². The fourth-order valence-corrected chi connectivity index (χ4v) is 3.31. The van der Waals surface area contributed by atoms with Gasteiger partial charge in [-0.2, -0.15) is 0 Å². The molecule has 2 aromatic rings. The number of aromatic nitrogens is 1. The molecule has 6 heteroatoms. The average Bonchev–Trinajstić information content (AvgIpc) is 3.20. The van der Waals surface area contributed by atoms with Crippen molar-refractivity contribution >= 4 is 11.6 Å². The van der Waals surface area contributed by atoms with E-state index in [1.54, 1.807) is 24.3 Å². The number of nitrogens with zero attached hydrogens (tertiary/aromatic N) is 1. The molecule has 2 fully saturated rings. The van der Waals surface area contributed by atoms with Crippen molar-refractivity contribution in [3.63, 3.8) is 0 Å². The molecular weight excluding hydrogens is 311 g/mol. The number of rotatable bonds is 4. The van der Waals surface area contributed by atoms with Gasteiger partial charge >= 0.3 is 0 Å². The molecule has 0 aliphatic carbocycles. The maximum absolute atomic E-state index is 13.1. The number of fused-ring (bicyclic) bond motifs is 2. The first kappa shape index (κ1) is 15.1. The summed E-state index contributed by atoms with van der Waals surface area (Å²) in [6.45, 7) is 0. The van der Waals surface area contributed by atoms with Crippen LogP contribution in [0.4, 0.5) is 10.1 Å². The van der Waals surface area contributed by atoms with Gasteiger partial charge in [-0.25, -0.2) is 9.37 Å². The monoisotopic (exact) mass is 328 g/mol. The van der Waals surface area contributed by atoms with Gasteiger partial charge in [-0.1, -0.05) is 6.07 Å². The molecule has 1 aromatic carbocycles. The molecule has 0 radical (unpaired) electrons. The summed E-state index contributed by atoms with van der Waals surface area (Å²) in [6.07, 6.45) is 4.64. The molecule has 1 aromatic heterocycles.